The largest absolute Gasteiger partial charge is 0.268 e. The molecule has 0 fully saturated rings. The van der Waals surface area contributed by atoms with Crippen LogP contribution in [0.4, 0.5) is 0 Å². The van der Waals surface area contributed by atoms with E-state index in [4.69, 9.17) is 23.2 Å². The Hall–Kier alpha value is -0.0100. The average Bonchev–Trinajstić information content (AvgIpc) is 1.82. The number of halogens is 2. The third-order valence-corrected chi connectivity index (χ3v) is 1.41. The number of rotatable bonds is 2. The molecular weight excluding hydrogens is 157 g/mol. The minimum Gasteiger partial charge on any atom is -0.225 e. The molecule has 0 N–H and O–H groups in total. The molecule has 0 aromatic carbocycles. The minimum absolute atomic E-state index is 0.504. The van der Waals surface area contributed by atoms with E-state index in [1.807, 2.05) is 18.7 Å². The second-order valence-corrected chi connectivity index (χ2v) is 2.47. The van der Waals surface area contributed by atoms with Gasteiger partial charge in [-0.05, 0) is 11.6 Å². The molecule has 0 saturated carbocycles. The molecule has 0 aromatic heterocycles. The summed E-state index contributed by atoms with van der Waals surface area (Å²) in [6, 6.07) is 0. The highest BCUT2D eigenvalue weighted by molar-refractivity contribution is 6.66. The molecule has 0 saturated heterocycles. The Bertz CT molecular complexity index is 134. The summed E-state index contributed by atoms with van der Waals surface area (Å²) in [5.41, 5.74) is 0. The first kappa shape index (κ1) is 8.99. The Morgan fingerprint density at radius 3 is 2.44 bits per heavy atom. The fourth-order valence-electron chi connectivity index (χ4n) is 0.291. The number of hydrogen-bond donors (Lipinski definition) is 0. The SMILES string of the molecule is C[N+](C)=C(Cl)/C=C/CCl. The quantitative estimate of drug-likeness (QED) is 0.334. The van der Waals surface area contributed by atoms with E-state index >= 15 is 0 Å². The van der Waals surface area contributed by atoms with Crippen LogP contribution in [-0.2, 0) is 0 Å². The van der Waals surface area contributed by atoms with Crippen LogP contribution in [0.5, 0.6) is 0 Å². The molecule has 9 heavy (non-hydrogen) atoms. The van der Waals surface area contributed by atoms with Gasteiger partial charge in [-0.15, -0.1) is 11.6 Å². The Morgan fingerprint density at radius 2 is 2.11 bits per heavy atom. The lowest BCUT2D eigenvalue weighted by molar-refractivity contribution is -0.461. The van der Waals surface area contributed by atoms with Crippen LogP contribution in [0, 0.1) is 0 Å². The molecule has 0 aliphatic carbocycles. The molecule has 0 atom stereocenters. The highest BCUT2D eigenvalue weighted by Gasteiger charge is 1.93. The van der Waals surface area contributed by atoms with Crippen LogP contribution in [0.3, 0.4) is 0 Å². The van der Waals surface area contributed by atoms with E-state index < -0.39 is 0 Å². The van der Waals surface area contributed by atoms with Crippen molar-refractivity contribution in [3.05, 3.63) is 12.2 Å². The maximum absolute atomic E-state index is 5.69. The van der Waals surface area contributed by atoms with Gasteiger partial charge in [0.2, 0.25) is 0 Å². The first-order valence-corrected chi connectivity index (χ1v) is 3.52. The van der Waals surface area contributed by atoms with Gasteiger partial charge in [0.1, 0.15) is 14.1 Å². The zero-order chi connectivity index (χ0) is 7.28. The lowest BCUT2D eigenvalue weighted by Gasteiger charge is -1.84. The van der Waals surface area contributed by atoms with Crippen molar-refractivity contribution in [1.82, 2.24) is 0 Å². The van der Waals surface area contributed by atoms with Gasteiger partial charge in [-0.2, -0.15) is 0 Å². The van der Waals surface area contributed by atoms with Crippen molar-refractivity contribution in [3.63, 3.8) is 0 Å². The smallest absolute Gasteiger partial charge is 0.225 e. The summed E-state index contributed by atoms with van der Waals surface area (Å²) in [6.07, 6.45) is 3.57. The molecule has 0 amide bonds. The summed E-state index contributed by atoms with van der Waals surface area (Å²) in [5, 5.41) is 0.690. The third kappa shape index (κ3) is 4.49. The zero-order valence-corrected chi connectivity index (χ0v) is 7.08. The first-order chi connectivity index (χ1) is 4.18. The lowest BCUT2D eigenvalue weighted by Crippen LogP contribution is -2.03. The van der Waals surface area contributed by atoms with E-state index in [-0.39, 0.29) is 0 Å². The number of alkyl halides is 1. The molecule has 0 spiro atoms. The van der Waals surface area contributed by atoms with Gasteiger partial charge in [0.15, 0.2) is 0 Å². The highest BCUT2D eigenvalue weighted by atomic mass is 35.5. The van der Waals surface area contributed by atoms with Gasteiger partial charge in [-0.1, -0.05) is 6.08 Å². The van der Waals surface area contributed by atoms with Crippen molar-refractivity contribution in [3.8, 4) is 0 Å². The number of allylic oxidation sites excluding steroid dienone is 2. The average molecular weight is 167 g/mol. The summed E-state index contributed by atoms with van der Waals surface area (Å²) in [6.45, 7) is 0. The first-order valence-electron chi connectivity index (χ1n) is 2.60. The molecule has 1 nitrogen and oxygen atoms in total. The summed E-state index contributed by atoms with van der Waals surface area (Å²) >= 11 is 11.1. The zero-order valence-electron chi connectivity index (χ0n) is 5.56. The fraction of sp³-hybridized carbons (Fsp3) is 0.500. The van der Waals surface area contributed by atoms with Gasteiger partial charge < -0.3 is 0 Å². The minimum atomic E-state index is 0.504. The Labute approximate surface area is 65.6 Å². The second-order valence-electron chi connectivity index (χ2n) is 1.77. The van der Waals surface area contributed by atoms with E-state index in [9.17, 15) is 0 Å². The molecule has 0 unspecified atom stereocenters. The van der Waals surface area contributed by atoms with Crippen LogP contribution in [0.2, 0.25) is 0 Å². The van der Waals surface area contributed by atoms with Crippen LogP contribution in [0.15, 0.2) is 12.2 Å². The summed E-state index contributed by atoms with van der Waals surface area (Å²) in [4.78, 5) is 0. The van der Waals surface area contributed by atoms with Crippen molar-refractivity contribution in [2.45, 2.75) is 0 Å². The maximum Gasteiger partial charge on any atom is 0.268 e. The molecule has 0 aliphatic heterocycles. The molecule has 0 rings (SSSR count). The van der Waals surface area contributed by atoms with Crippen LogP contribution in [0.25, 0.3) is 0 Å². The molecule has 0 aromatic rings. The lowest BCUT2D eigenvalue weighted by atomic mass is 10.5. The normalized spacial score (nSPS) is 10.2. The standard InChI is InChI=1S/C6H10Cl2N/c1-9(2)6(8)4-3-5-7/h3-4H,5H2,1-2H3/q+1/b4-3+. The van der Waals surface area contributed by atoms with Crippen molar-refractivity contribution < 1.29 is 4.58 Å². The Kier molecular flexibility index (Phi) is 4.83. The maximum atomic E-state index is 5.69. The van der Waals surface area contributed by atoms with Crippen molar-refractivity contribution >= 4 is 28.4 Å². The summed E-state index contributed by atoms with van der Waals surface area (Å²) in [5.74, 6) is 0.504. The molecule has 0 bridgehead atoms. The molecular formula is C6H10Cl2N+. The molecule has 0 radical (unpaired) electrons. The van der Waals surface area contributed by atoms with Crippen LogP contribution < -0.4 is 0 Å². The van der Waals surface area contributed by atoms with Gasteiger partial charge in [-0.25, -0.2) is 4.58 Å². The van der Waals surface area contributed by atoms with E-state index in [1.165, 1.54) is 0 Å². The van der Waals surface area contributed by atoms with Crippen molar-refractivity contribution in [2.24, 2.45) is 0 Å². The van der Waals surface area contributed by atoms with Gasteiger partial charge in [0, 0.05) is 12.0 Å². The van der Waals surface area contributed by atoms with Gasteiger partial charge >= 0.3 is 0 Å². The third-order valence-electron chi connectivity index (χ3n) is 0.772. The van der Waals surface area contributed by atoms with Crippen LogP contribution >= 0.6 is 23.2 Å². The van der Waals surface area contributed by atoms with Gasteiger partial charge in [0.05, 0.1) is 0 Å². The molecule has 52 valence electrons. The van der Waals surface area contributed by atoms with Gasteiger partial charge in [-0.3, -0.25) is 0 Å². The monoisotopic (exact) mass is 166 g/mol. The molecule has 0 heterocycles. The Morgan fingerprint density at radius 1 is 1.56 bits per heavy atom. The molecule has 3 heteroatoms. The predicted octanol–water partition coefficient (Wildman–Crippen LogP) is 1.69. The summed E-state index contributed by atoms with van der Waals surface area (Å²) < 4.78 is 1.81. The molecule has 0 aliphatic rings. The highest BCUT2D eigenvalue weighted by Crippen LogP contribution is 1.87. The van der Waals surface area contributed by atoms with Crippen molar-refractivity contribution in [1.29, 1.82) is 0 Å². The Balaban J connectivity index is 3.91. The van der Waals surface area contributed by atoms with E-state index in [0.29, 0.717) is 11.1 Å². The second kappa shape index (κ2) is 4.83. The van der Waals surface area contributed by atoms with Gasteiger partial charge in [0.25, 0.3) is 5.17 Å². The number of nitrogens with zero attached hydrogens (tertiary/aromatic N) is 1. The fourth-order valence-corrected chi connectivity index (χ4v) is 0.469. The number of hydrogen-bond acceptors (Lipinski definition) is 0. The van der Waals surface area contributed by atoms with E-state index in [2.05, 4.69) is 0 Å². The van der Waals surface area contributed by atoms with Crippen LogP contribution in [-0.4, -0.2) is 29.7 Å². The topological polar surface area (TPSA) is 3.01 Å². The summed E-state index contributed by atoms with van der Waals surface area (Å²) in [7, 11) is 3.75. The van der Waals surface area contributed by atoms with Crippen LogP contribution in [0.1, 0.15) is 0 Å². The van der Waals surface area contributed by atoms with E-state index in [1.54, 1.807) is 12.2 Å². The van der Waals surface area contributed by atoms with E-state index in [0.717, 1.165) is 0 Å². The van der Waals surface area contributed by atoms with Crippen molar-refractivity contribution in [2.75, 3.05) is 20.0 Å². The predicted molar refractivity (Wildman–Crippen MR) is 42.8 cm³/mol.